The minimum atomic E-state index is -0.219. The Bertz CT molecular complexity index is 832. The van der Waals surface area contributed by atoms with Gasteiger partial charge in [-0.25, -0.2) is 5.43 Å². The van der Waals surface area contributed by atoms with E-state index in [0.29, 0.717) is 28.4 Å². The van der Waals surface area contributed by atoms with E-state index in [1.54, 1.807) is 30.3 Å². The van der Waals surface area contributed by atoms with E-state index in [0.717, 1.165) is 31.2 Å². The standard InChI is InChI=1S/C22H26ClN3O2/c1-3-4-5-6-10-21(27)26-25-16(2)18-8-7-9-20(15-18)24-22(28)17-11-13-19(23)14-12-17/h7-9,11-15H,3-6,10H2,1-2H3,(H,24,28)(H,26,27). The van der Waals surface area contributed by atoms with Crippen LogP contribution in [0.1, 0.15) is 61.9 Å². The Hall–Kier alpha value is -2.66. The Labute approximate surface area is 171 Å². The normalized spacial score (nSPS) is 11.2. The number of hydrogen-bond acceptors (Lipinski definition) is 3. The number of nitrogens with one attached hydrogen (secondary N) is 2. The Balaban J connectivity index is 1.94. The van der Waals surface area contributed by atoms with Gasteiger partial charge in [-0.2, -0.15) is 5.10 Å². The summed E-state index contributed by atoms with van der Waals surface area (Å²) in [5.41, 5.74) is 5.26. The predicted molar refractivity (Wildman–Crippen MR) is 115 cm³/mol. The van der Waals surface area contributed by atoms with Crippen LogP contribution in [-0.2, 0) is 4.79 Å². The maximum Gasteiger partial charge on any atom is 0.255 e. The summed E-state index contributed by atoms with van der Waals surface area (Å²) in [4.78, 5) is 24.2. The second-order valence-electron chi connectivity index (χ2n) is 6.58. The van der Waals surface area contributed by atoms with Crippen molar-refractivity contribution in [2.24, 2.45) is 5.10 Å². The monoisotopic (exact) mass is 399 g/mol. The average Bonchev–Trinajstić information content (AvgIpc) is 2.70. The lowest BCUT2D eigenvalue weighted by molar-refractivity contribution is -0.121. The second kappa shape index (κ2) is 11.2. The van der Waals surface area contributed by atoms with E-state index in [1.807, 2.05) is 25.1 Å². The largest absolute Gasteiger partial charge is 0.322 e. The third-order valence-corrected chi connectivity index (χ3v) is 4.50. The molecule has 0 heterocycles. The highest BCUT2D eigenvalue weighted by atomic mass is 35.5. The summed E-state index contributed by atoms with van der Waals surface area (Å²) >= 11 is 5.85. The van der Waals surface area contributed by atoms with Crippen molar-refractivity contribution in [3.05, 3.63) is 64.7 Å². The molecular formula is C22H26ClN3O2. The summed E-state index contributed by atoms with van der Waals surface area (Å²) in [7, 11) is 0. The van der Waals surface area contributed by atoms with Gasteiger partial charge in [0.2, 0.25) is 5.91 Å². The third kappa shape index (κ3) is 7.16. The molecule has 6 heteroatoms. The maximum absolute atomic E-state index is 12.3. The lowest BCUT2D eigenvalue weighted by Gasteiger charge is -2.08. The number of amides is 2. The Morgan fingerprint density at radius 3 is 2.46 bits per heavy atom. The van der Waals surface area contributed by atoms with Gasteiger partial charge in [-0.15, -0.1) is 0 Å². The van der Waals surface area contributed by atoms with Crippen molar-refractivity contribution < 1.29 is 9.59 Å². The van der Waals surface area contributed by atoms with Crippen molar-refractivity contribution in [3.63, 3.8) is 0 Å². The number of unbranched alkanes of at least 4 members (excludes halogenated alkanes) is 3. The highest BCUT2D eigenvalue weighted by Crippen LogP contribution is 2.15. The first-order chi connectivity index (χ1) is 13.5. The van der Waals surface area contributed by atoms with Crippen LogP contribution >= 0.6 is 11.6 Å². The molecule has 0 atom stereocenters. The number of carbonyl (C=O) groups excluding carboxylic acids is 2. The van der Waals surface area contributed by atoms with E-state index in [9.17, 15) is 9.59 Å². The first kappa shape index (κ1) is 21.6. The van der Waals surface area contributed by atoms with Gasteiger partial charge in [0.05, 0.1) is 5.71 Å². The maximum atomic E-state index is 12.3. The molecule has 0 aliphatic rings. The third-order valence-electron chi connectivity index (χ3n) is 4.25. The van der Waals surface area contributed by atoms with Crippen LogP contribution < -0.4 is 10.7 Å². The number of carbonyl (C=O) groups is 2. The summed E-state index contributed by atoms with van der Waals surface area (Å²) in [6.45, 7) is 3.96. The molecule has 0 saturated heterocycles. The number of halogens is 1. The number of hydrogen-bond donors (Lipinski definition) is 2. The minimum Gasteiger partial charge on any atom is -0.322 e. The van der Waals surface area contributed by atoms with Crippen LogP contribution in [-0.4, -0.2) is 17.5 Å². The molecule has 0 aliphatic heterocycles. The number of anilines is 1. The summed E-state index contributed by atoms with van der Waals surface area (Å²) in [6.07, 6.45) is 4.70. The Morgan fingerprint density at radius 1 is 1.00 bits per heavy atom. The van der Waals surface area contributed by atoms with Gasteiger partial charge in [0.25, 0.3) is 5.91 Å². The fourth-order valence-electron chi connectivity index (χ4n) is 2.61. The summed E-state index contributed by atoms with van der Waals surface area (Å²) < 4.78 is 0. The highest BCUT2D eigenvalue weighted by Gasteiger charge is 2.07. The number of benzene rings is 2. The first-order valence-electron chi connectivity index (χ1n) is 9.50. The van der Waals surface area contributed by atoms with E-state index in [-0.39, 0.29) is 11.8 Å². The van der Waals surface area contributed by atoms with E-state index >= 15 is 0 Å². The SMILES string of the molecule is CCCCCCC(=O)NN=C(C)c1cccc(NC(=O)c2ccc(Cl)cc2)c1. The molecule has 2 rings (SSSR count). The molecule has 28 heavy (non-hydrogen) atoms. The van der Waals surface area contributed by atoms with Crippen molar-refractivity contribution >= 4 is 34.8 Å². The minimum absolute atomic E-state index is 0.0809. The molecule has 2 amide bonds. The highest BCUT2D eigenvalue weighted by molar-refractivity contribution is 6.30. The van der Waals surface area contributed by atoms with Gasteiger partial charge in [0.1, 0.15) is 0 Å². The van der Waals surface area contributed by atoms with Crippen LogP contribution in [0.3, 0.4) is 0 Å². The zero-order chi connectivity index (χ0) is 20.4. The zero-order valence-electron chi connectivity index (χ0n) is 16.3. The van der Waals surface area contributed by atoms with Crippen molar-refractivity contribution in [2.45, 2.75) is 46.0 Å². The molecule has 0 spiro atoms. The number of nitrogens with zero attached hydrogens (tertiary/aromatic N) is 1. The molecule has 0 bridgehead atoms. The molecule has 0 aliphatic carbocycles. The predicted octanol–water partition coefficient (Wildman–Crippen LogP) is 5.40. The van der Waals surface area contributed by atoms with Crippen molar-refractivity contribution in [1.82, 2.24) is 5.43 Å². The quantitative estimate of drug-likeness (QED) is 0.336. The zero-order valence-corrected chi connectivity index (χ0v) is 17.1. The lowest BCUT2D eigenvalue weighted by atomic mass is 10.1. The van der Waals surface area contributed by atoms with E-state index < -0.39 is 0 Å². The molecule has 0 saturated carbocycles. The van der Waals surface area contributed by atoms with Crippen LogP contribution in [0.2, 0.25) is 5.02 Å². The Morgan fingerprint density at radius 2 is 1.75 bits per heavy atom. The molecule has 2 N–H and O–H groups in total. The molecule has 0 aromatic heterocycles. The first-order valence-corrected chi connectivity index (χ1v) is 9.88. The van der Waals surface area contributed by atoms with Gasteiger partial charge in [0.15, 0.2) is 0 Å². The molecule has 148 valence electrons. The van der Waals surface area contributed by atoms with Gasteiger partial charge in [-0.05, 0) is 55.3 Å². The Kier molecular flexibility index (Phi) is 8.69. The van der Waals surface area contributed by atoms with Gasteiger partial charge in [-0.3, -0.25) is 9.59 Å². The molecule has 0 unspecified atom stereocenters. The van der Waals surface area contributed by atoms with Gasteiger partial charge >= 0.3 is 0 Å². The molecule has 5 nitrogen and oxygen atoms in total. The average molecular weight is 400 g/mol. The molecular weight excluding hydrogens is 374 g/mol. The van der Waals surface area contributed by atoms with E-state index in [2.05, 4.69) is 22.8 Å². The van der Waals surface area contributed by atoms with Crippen molar-refractivity contribution in [2.75, 3.05) is 5.32 Å². The van der Waals surface area contributed by atoms with Crippen LogP contribution in [0.25, 0.3) is 0 Å². The van der Waals surface area contributed by atoms with Crippen LogP contribution in [0.5, 0.6) is 0 Å². The summed E-state index contributed by atoms with van der Waals surface area (Å²) in [5.74, 6) is -0.300. The molecule has 0 radical (unpaired) electrons. The summed E-state index contributed by atoms with van der Waals surface area (Å²) in [6, 6.07) is 14.0. The second-order valence-corrected chi connectivity index (χ2v) is 7.02. The fraction of sp³-hybridized carbons (Fsp3) is 0.318. The van der Waals surface area contributed by atoms with Crippen molar-refractivity contribution in [1.29, 1.82) is 0 Å². The van der Waals surface area contributed by atoms with E-state index in [1.165, 1.54) is 0 Å². The van der Waals surface area contributed by atoms with Gasteiger partial charge in [-0.1, -0.05) is 49.9 Å². The smallest absolute Gasteiger partial charge is 0.255 e. The van der Waals surface area contributed by atoms with Crippen LogP contribution in [0.15, 0.2) is 53.6 Å². The molecule has 0 fully saturated rings. The number of hydrazone groups is 1. The van der Waals surface area contributed by atoms with Crippen molar-refractivity contribution in [3.8, 4) is 0 Å². The number of rotatable bonds is 9. The molecule has 2 aromatic rings. The van der Waals surface area contributed by atoms with Gasteiger partial charge < -0.3 is 5.32 Å². The van der Waals surface area contributed by atoms with Crippen LogP contribution in [0.4, 0.5) is 5.69 Å². The summed E-state index contributed by atoms with van der Waals surface area (Å²) in [5, 5.41) is 7.61. The van der Waals surface area contributed by atoms with Crippen LogP contribution in [0, 0.1) is 0 Å². The van der Waals surface area contributed by atoms with E-state index in [4.69, 9.17) is 11.6 Å². The van der Waals surface area contributed by atoms with Gasteiger partial charge in [0, 0.05) is 22.7 Å². The topological polar surface area (TPSA) is 70.6 Å². The fourth-order valence-corrected chi connectivity index (χ4v) is 2.73. The lowest BCUT2D eigenvalue weighted by Crippen LogP contribution is -2.19. The molecule has 2 aromatic carbocycles.